The number of halogens is 1. The standard InChI is InChI=1S/C18H13BrN2O2S/c19-17-8-7-15(22-17)18-21-13(11-4-1-2-5-14(11)23-18)10-12(20-21)16-6-3-9-24-16/h1-9,13,18H,10H2/t13-,18-/m1/s1. The van der Waals surface area contributed by atoms with Crippen molar-refractivity contribution in [3.63, 3.8) is 0 Å². The predicted molar refractivity (Wildman–Crippen MR) is 96.3 cm³/mol. The molecule has 0 radical (unpaired) electrons. The van der Waals surface area contributed by atoms with E-state index in [2.05, 4.69) is 39.5 Å². The first-order valence-corrected chi connectivity index (χ1v) is 9.37. The minimum Gasteiger partial charge on any atom is -0.461 e. The van der Waals surface area contributed by atoms with Crippen molar-refractivity contribution in [3.05, 3.63) is 74.8 Å². The Bertz CT molecular complexity index is 919. The van der Waals surface area contributed by atoms with Gasteiger partial charge in [-0.3, -0.25) is 0 Å². The summed E-state index contributed by atoms with van der Waals surface area (Å²) in [6, 6.07) is 16.3. The van der Waals surface area contributed by atoms with Crippen LogP contribution in [-0.2, 0) is 0 Å². The summed E-state index contributed by atoms with van der Waals surface area (Å²) in [5, 5.41) is 8.99. The zero-order valence-corrected chi connectivity index (χ0v) is 15.0. The number of rotatable bonds is 2. The van der Waals surface area contributed by atoms with Gasteiger partial charge in [-0.05, 0) is 45.6 Å². The third-order valence-corrected chi connectivity index (χ3v) is 5.69. The van der Waals surface area contributed by atoms with Crippen molar-refractivity contribution in [1.82, 2.24) is 5.01 Å². The third-order valence-electron chi connectivity index (χ3n) is 4.34. The van der Waals surface area contributed by atoms with Gasteiger partial charge in [0.2, 0.25) is 6.23 Å². The van der Waals surface area contributed by atoms with Crippen LogP contribution in [0.1, 0.15) is 34.9 Å². The Morgan fingerprint density at radius 3 is 2.83 bits per heavy atom. The molecule has 6 heteroatoms. The fraction of sp³-hybridized carbons (Fsp3) is 0.167. The molecule has 2 aliphatic heterocycles. The Hall–Kier alpha value is -2.05. The molecule has 0 saturated heterocycles. The molecule has 0 fully saturated rings. The van der Waals surface area contributed by atoms with Crippen LogP contribution in [0.2, 0.25) is 0 Å². The second-order valence-electron chi connectivity index (χ2n) is 5.77. The van der Waals surface area contributed by atoms with Gasteiger partial charge in [0.1, 0.15) is 5.75 Å². The fourth-order valence-corrected chi connectivity index (χ4v) is 4.31. The SMILES string of the molecule is Brc1ccc([C@H]2Oc3ccccc3[C@H]3CC(c4cccs4)=NN32)o1. The normalized spacial score (nSPS) is 21.9. The van der Waals surface area contributed by atoms with Crippen molar-refractivity contribution in [3.8, 4) is 5.75 Å². The monoisotopic (exact) mass is 400 g/mol. The Balaban J connectivity index is 1.61. The first kappa shape index (κ1) is 14.3. The number of hydrazone groups is 1. The third kappa shape index (κ3) is 2.21. The van der Waals surface area contributed by atoms with Crippen LogP contribution >= 0.6 is 27.3 Å². The largest absolute Gasteiger partial charge is 0.461 e. The smallest absolute Gasteiger partial charge is 0.246 e. The maximum Gasteiger partial charge on any atom is 0.246 e. The average Bonchev–Trinajstić information content (AvgIpc) is 3.34. The van der Waals surface area contributed by atoms with E-state index in [-0.39, 0.29) is 12.3 Å². The minimum atomic E-state index is -0.353. The lowest BCUT2D eigenvalue weighted by Gasteiger charge is -2.36. The lowest BCUT2D eigenvalue weighted by Crippen LogP contribution is -2.33. The molecular formula is C18H13BrN2O2S. The molecule has 24 heavy (non-hydrogen) atoms. The molecule has 2 aliphatic rings. The molecule has 0 bridgehead atoms. The highest BCUT2D eigenvalue weighted by Gasteiger charge is 2.42. The Morgan fingerprint density at radius 1 is 1.12 bits per heavy atom. The first-order valence-electron chi connectivity index (χ1n) is 7.70. The van der Waals surface area contributed by atoms with Crippen LogP contribution in [0.3, 0.4) is 0 Å². The van der Waals surface area contributed by atoms with Gasteiger partial charge in [0.05, 0.1) is 16.6 Å². The van der Waals surface area contributed by atoms with E-state index in [0.29, 0.717) is 4.67 Å². The van der Waals surface area contributed by atoms with E-state index in [4.69, 9.17) is 14.3 Å². The molecule has 1 aromatic carbocycles. The van der Waals surface area contributed by atoms with Gasteiger partial charge < -0.3 is 9.15 Å². The molecule has 0 aliphatic carbocycles. The Kier molecular flexibility index (Phi) is 3.28. The fourth-order valence-electron chi connectivity index (χ4n) is 3.27. The summed E-state index contributed by atoms with van der Waals surface area (Å²) in [6.07, 6.45) is 0.521. The molecule has 0 saturated carbocycles. The van der Waals surface area contributed by atoms with Gasteiger partial charge in [-0.15, -0.1) is 11.3 Å². The summed E-state index contributed by atoms with van der Waals surface area (Å²) in [4.78, 5) is 1.21. The van der Waals surface area contributed by atoms with Crippen LogP contribution in [0.25, 0.3) is 0 Å². The molecule has 2 aromatic heterocycles. The van der Waals surface area contributed by atoms with Crippen LogP contribution < -0.4 is 4.74 Å². The molecule has 3 aromatic rings. The number of benzene rings is 1. The second-order valence-corrected chi connectivity index (χ2v) is 7.50. The molecule has 0 unspecified atom stereocenters. The Labute approximate surface area is 151 Å². The van der Waals surface area contributed by atoms with Crippen LogP contribution in [0.4, 0.5) is 0 Å². The van der Waals surface area contributed by atoms with Gasteiger partial charge in [0, 0.05) is 12.0 Å². The summed E-state index contributed by atoms with van der Waals surface area (Å²) in [7, 11) is 0. The molecule has 0 amide bonds. The van der Waals surface area contributed by atoms with E-state index < -0.39 is 0 Å². The van der Waals surface area contributed by atoms with Gasteiger partial charge in [-0.25, -0.2) is 5.01 Å². The van der Waals surface area contributed by atoms with Crippen molar-refractivity contribution >= 4 is 33.0 Å². The topological polar surface area (TPSA) is 38.0 Å². The first-order chi connectivity index (χ1) is 11.8. The van der Waals surface area contributed by atoms with Crippen LogP contribution in [0.5, 0.6) is 5.75 Å². The highest BCUT2D eigenvalue weighted by atomic mass is 79.9. The molecular weight excluding hydrogens is 388 g/mol. The second kappa shape index (κ2) is 5.50. The summed E-state index contributed by atoms with van der Waals surface area (Å²) in [5.41, 5.74) is 2.28. The number of thiophene rings is 1. The number of furan rings is 1. The van der Waals surface area contributed by atoms with Gasteiger partial charge in [0.25, 0.3) is 0 Å². The summed E-state index contributed by atoms with van der Waals surface area (Å²) >= 11 is 5.09. The predicted octanol–water partition coefficient (Wildman–Crippen LogP) is 5.35. The highest BCUT2D eigenvalue weighted by molar-refractivity contribution is 9.10. The maximum atomic E-state index is 6.22. The van der Waals surface area contributed by atoms with E-state index >= 15 is 0 Å². The van der Waals surface area contributed by atoms with Crippen molar-refractivity contribution in [2.45, 2.75) is 18.7 Å². The van der Waals surface area contributed by atoms with E-state index in [1.807, 2.05) is 35.3 Å². The van der Waals surface area contributed by atoms with E-state index in [9.17, 15) is 0 Å². The lowest BCUT2D eigenvalue weighted by atomic mass is 9.98. The number of ether oxygens (including phenoxy) is 1. The number of para-hydroxylation sites is 1. The summed E-state index contributed by atoms with van der Waals surface area (Å²) in [5.74, 6) is 1.65. The van der Waals surface area contributed by atoms with Crippen LogP contribution in [0, 0.1) is 0 Å². The molecule has 4 nitrogen and oxygen atoms in total. The number of nitrogens with zero attached hydrogens (tertiary/aromatic N) is 2. The van der Waals surface area contributed by atoms with Crippen molar-refractivity contribution in [1.29, 1.82) is 0 Å². The van der Waals surface area contributed by atoms with E-state index in [1.165, 1.54) is 10.4 Å². The summed E-state index contributed by atoms with van der Waals surface area (Å²) in [6.45, 7) is 0. The summed E-state index contributed by atoms with van der Waals surface area (Å²) < 4.78 is 12.7. The molecule has 120 valence electrons. The molecule has 0 N–H and O–H groups in total. The van der Waals surface area contributed by atoms with Crippen LogP contribution in [0.15, 0.2) is 68.1 Å². The molecule has 5 rings (SSSR count). The Morgan fingerprint density at radius 2 is 2.04 bits per heavy atom. The molecule has 2 atom stereocenters. The average molecular weight is 401 g/mol. The maximum absolute atomic E-state index is 6.22. The van der Waals surface area contributed by atoms with E-state index in [1.54, 1.807) is 11.3 Å². The van der Waals surface area contributed by atoms with Crippen LogP contribution in [-0.4, -0.2) is 10.7 Å². The highest BCUT2D eigenvalue weighted by Crippen LogP contribution is 2.47. The number of hydrogen-bond acceptors (Lipinski definition) is 5. The van der Waals surface area contributed by atoms with Gasteiger partial charge in [-0.1, -0.05) is 24.3 Å². The zero-order valence-electron chi connectivity index (χ0n) is 12.6. The quantitative estimate of drug-likeness (QED) is 0.581. The van der Waals surface area contributed by atoms with Crippen molar-refractivity contribution < 1.29 is 9.15 Å². The van der Waals surface area contributed by atoms with Crippen molar-refractivity contribution in [2.24, 2.45) is 5.10 Å². The van der Waals surface area contributed by atoms with Gasteiger partial charge in [0.15, 0.2) is 10.4 Å². The van der Waals surface area contributed by atoms with E-state index in [0.717, 1.165) is 23.6 Å². The number of hydrogen-bond donors (Lipinski definition) is 0. The molecule has 4 heterocycles. The van der Waals surface area contributed by atoms with Gasteiger partial charge in [-0.2, -0.15) is 5.10 Å². The molecule has 0 spiro atoms. The zero-order chi connectivity index (χ0) is 16.1. The minimum absolute atomic E-state index is 0.168. The van der Waals surface area contributed by atoms with Crippen molar-refractivity contribution in [2.75, 3.05) is 0 Å². The van der Waals surface area contributed by atoms with Gasteiger partial charge >= 0.3 is 0 Å². The lowest BCUT2D eigenvalue weighted by molar-refractivity contribution is -0.0329. The number of fused-ring (bicyclic) bond motifs is 3.